The molecule has 0 aliphatic carbocycles. The minimum atomic E-state index is -0.888. The van der Waals surface area contributed by atoms with Crippen LogP contribution < -0.4 is 18.9 Å². The van der Waals surface area contributed by atoms with E-state index in [0.29, 0.717) is 60.2 Å². The van der Waals surface area contributed by atoms with Crippen LogP contribution in [0, 0.1) is 5.92 Å². The van der Waals surface area contributed by atoms with E-state index in [0.717, 1.165) is 0 Å². The maximum Gasteiger partial charge on any atom is 0.306 e. The van der Waals surface area contributed by atoms with Crippen molar-refractivity contribution in [3.05, 3.63) is 59.7 Å². The summed E-state index contributed by atoms with van der Waals surface area (Å²) in [5.41, 5.74) is 0.326. The minimum absolute atomic E-state index is 0.240. The van der Waals surface area contributed by atoms with E-state index in [1.54, 1.807) is 55.5 Å². The normalized spacial score (nSPS) is 11.9. The number of ketones is 2. The molecular formula is C38H50O10. The third-order valence-corrected chi connectivity index (χ3v) is 6.51. The molecule has 262 valence electrons. The SMILES string of the molecule is COc1cc(/C=C/C(=O)C(C)C(=O)/C=C/c2ccc(OCCCC(=O)OC(C)(C)C)c(OC)c2)ccc1OCCCC(=O)OC(C)(C)C. The van der Waals surface area contributed by atoms with E-state index in [1.807, 2.05) is 41.5 Å². The van der Waals surface area contributed by atoms with Crippen LogP contribution in [0.4, 0.5) is 0 Å². The van der Waals surface area contributed by atoms with Crippen LogP contribution in [0.2, 0.25) is 0 Å². The molecule has 0 aliphatic rings. The summed E-state index contributed by atoms with van der Waals surface area (Å²) in [6.07, 6.45) is 7.41. The smallest absolute Gasteiger partial charge is 0.306 e. The van der Waals surface area contributed by atoms with Gasteiger partial charge in [0.2, 0.25) is 0 Å². The number of carbonyl (C=O) groups is 4. The first-order valence-corrected chi connectivity index (χ1v) is 16.0. The summed E-state index contributed by atoms with van der Waals surface area (Å²) in [6.45, 7) is 13.1. The number of methoxy groups -OCH3 is 2. The standard InChI is InChI=1S/C38H50O10/c1-26(29(39)18-14-27-16-20-31(33(24-27)43-8)45-22-10-12-35(41)47-37(2,3)4)30(40)19-15-28-17-21-32(34(25-28)44-9)46-23-11-13-36(42)48-38(5,6)7/h14-21,24-26H,10-13,22-23H2,1-9H3/b18-14+,19-15+. The second-order valence-corrected chi connectivity index (χ2v) is 13.1. The van der Waals surface area contributed by atoms with Crippen LogP contribution in [0.25, 0.3) is 12.2 Å². The van der Waals surface area contributed by atoms with Crippen molar-refractivity contribution in [2.45, 2.75) is 85.4 Å². The van der Waals surface area contributed by atoms with E-state index < -0.39 is 17.1 Å². The van der Waals surface area contributed by atoms with Gasteiger partial charge in [0.1, 0.15) is 11.2 Å². The molecule has 2 rings (SSSR count). The van der Waals surface area contributed by atoms with Gasteiger partial charge in [-0.05, 0) is 109 Å². The largest absolute Gasteiger partial charge is 0.493 e. The molecule has 0 aromatic heterocycles. The van der Waals surface area contributed by atoms with E-state index in [9.17, 15) is 19.2 Å². The number of carbonyl (C=O) groups excluding carboxylic acids is 4. The Hall–Kier alpha value is -4.60. The van der Waals surface area contributed by atoms with Crippen LogP contribution in [0.15, 0.2) is 48.6 Å². The van der Waals surface area contributed by atoms with Gasteiger partial charge in [-0.2, -0.15) is 0 Å². The van der Waals surface area contributed by atoms with Crippen LogP contribution in [0.5, 0.6) is 23.0 Å². The van der Waals surface area contributed by atoms with Gasteiger partial charge in [0.25, 0.3) is 0 Å². The average Bonchev–Trinajstić information content (AvgIpc) is 3.01. The summed E-state index contributed by atoms with van der Waals surface area (Å²) >= 11 is 0. The van der Waals surface area contributed by atoms with Gasteiger partial charge in [0.05, 0.1) is 33.4 Å². The summed E-state index contributed by atoms with van der Waals surface area (Å²) in [5, 5.41) is 0. The molecule has 0 radical (unpaired) electrons. The Morgan fingerprint density at radius 1 is 0.625 bits per heavy atom. The monoisotopic (exact) mass is 666 g/mol. The maximum atomic E-state index is 12.8. The van der Waals surface area contributed by atoms with E-state index in [-0.39, 0.29) is 36.3 Å². The highest BCUT2D eigenvalue weighted by Crippen LogP contribution is 2.30. The van der Waals surface area contributed by atoms with Gasteiger partial charge >= 0.3 is 11.9 Å². The molecule has 10 heteroatoms. The van der Waals surface area contributed by atoms with Crippen molar-refractivity contribution in [2.24, 2.45) is 5.92 Å². The summed E-state index contributed by atoms with van der Waals surface area (Å²) < 4.78 is 33.0. The maximum absolute atomic E-state index is 12.8. The first-order valence-electron chi connectivity index (χ1n) is 16.0. The fraction of sp³-hybridized carbons (Fsp3) is 0.474. The van der Waals surface area contributed by atoms with E-state index in [2.05, 4.69) is 0 Å². The average molecular weight is 667 g/mol. The molecular weight excluding hydrogens is 616 g/mol. The molecule has 48 heavy (non-hydrogen) atoms. The van der Waals surface area contributed by atoms with Crippen molar-refractivity contribution in [3.8, 4) is 23.0 Å². The Bertz CT molecular complexity index is 1350. The highest BCUT2D eigenvalue weighted by atomic mass is 16.6. The third-order valence-electron chi connectivity index (χ3n) is 6.51. The fourth-order valence-corrected chi connectivity index (χ4v) is 4.18. The van der Waals surface area contributed by atoms with E-state index in [4.69, 9.17) is 28.4 Å². The Morgan fingerprint density at radius 2 is 1.00 bits per heavy atom. The molecule has 0 spiro atoms. The number of hydrogen-bond acceptors (Lipinski definition) is 10. The fourth-order valence-electron chi connectivity index (χ4n) is 4.18. The molecule has 0 fully saturated rings. The van der Waals surface area contributed by atoms with Crippen LogP contribution in [-0.2, 0) is 28.7 Å². The zero-order valence-corrected chi connectivity index (χ0v) is 29.7. The quantitative estimate of drug-likeness (QED) is 0.0698. The second kappa shape index (κ2) is 18.7. The van der Waals surface area contributed by atoms with Gasteiger partial charge in [-0.3, -0.25) is 19.2 Å². The molecule has 0 saturated carbocycles. The Balaban J connectivity index is 1.90. The Morgan fingerprint density at radius 3 is 1.33 bits per heavy atom. The van der Waals surface area contributed by atoms with Gasteiger partial charge in [0, 0.05) is 12.8 Å². The highest BCUT2D eigenvalue weighted by molar-refractivity contribution is 6.13. The number of benzene rings is 2. The Labute approximate surface area is 284 Å². The Kier molecular flexibility index (Phi) is 15.4. The molecule has 0 atom stereocenters. The predicted octanol–water partition coefficient (Wildman–Crippen LogP) is 7.21. The lowest BCUT2D eigenvalue weighted by atomic mass is 9.99. The minimum Gasteiger partial charge on any atom is -0.493 e. The predicted molar refractivity (Wildman–Crippen MR) is 184 cm³/mol. The lowest BCUT2D eigenvalue weighted by Gasteiger charge is -2.19. The molecule has 0 bridgehead atoms. The first kappa shape index (κ1) is 39.6. The number of ether oxygens (including phenoxy) is 6. The summed E-state index contributed by atoms with van der Waals surface area (Å²) in [5.74, 6) is -0.183. The van der Waals surface area contributed by atoms with E-state index in [1.165, 1.54) is 26.4 Å². The van der Waals surface area contributed by atoms with Crippen molar-refractivity contribution in [1.29, 1.82) is 0 Å². The zero-order valence-electron chi connectivity index (χ0n) is 29.7. The molecule has 0 unspecified atom stereocenters. The van der Waals surface area contributed by atoms with Gasteiger partial charge in [-0.15, -0.1) is 0 Å². The molecule has 0 saturated heterocycles. The number of esters is 2. The van der Waals surface area contributed by atoms with Crippen LogP contribution >= 0.6 is 0 Å². The van der Waals surface area contributed by atoms with E-state index >= 15 is 0 Å². The van der Waals surface area contributed by atoms with Crippen molar-refractivity contribution < 1.29 is 47.6 Å². The van der Waals surface area contributed by atoms with Crippen molar-refractivity contribution in [3.63, 3.8) is 0 Å². The van der Waals surface area contributed by atoms with Crippen LogP contribution in [-0.4, -0.2) is 62.1 Å². The second-order valence-electron chi connectivity index (χ2n) is 13.1. The lowest BCUT2D eigenvalue weighted by Crippen LogP contribution is -2.24. The van der Waals surface area contributed by atoms with Gasteiger partial charge in [0.15, 0.2) is 34.6 Å². The number of allylic oxidation sites excluding steroid dienone is 2. The van der Waals surface area contributed by atoms with Crippen molar-refractivity contribution in [1.82, 2.24) is 0 Å². The van der Waals surface area contributed by atoms with Crippen LogP contribution in [0.3, 0.4) is 0 Å². The highest BCUT2D eigenvalue weighted by Gasteiger charge is 2.19. The molecule has 2 aromatic carbocycles. The van der Waals surface area contributed by atoms with Gasteiger partial charge in [-0.1, -0.05) is 24.3 Å². The molecule has 10 nitrogen and oxygen atoms in total. The number of rotatable bonds is 18. The molecule has 0 N–H and O–H groups in total. The lowest BCUT2D eigenvalue weighted by molar-refractivity contribution is -0.156. The molecule has 0 heterocycles. The van der Waals surface area contributed by atoms with Crippen molar-refractivity contribution in [2.75, 3.05) is 27.4 Å². The van der Waals surface area contributed by atoms with Gasteiger partial charge < -0.3 is 28.4 Å². The third kappa shape index (κ3) is 14.9. The van der Waals surface area contributed by atoms with Crippen LogP contribution in [0.1, 0.15) is 85.3 Å². The number of hydrogen-bond donors (Lipinski definition) is 0. The summed E-state index contributed by atoms with van der Waals surface area (Å²) in [4.78, 5) is 49.3. The summed E-state index contributed by atoms with van der Waals surface area (Å²) in [6, 6.07) is 10.4. The summed E-state index contributed by atoms with van der Waals surface area (Å²) in [7, 11) is 3.03. The molecule has 2 aromatic rings. The molecule has 0 amide bonds. The van der Waals surface area contributed by atoms with Gasteiger partial charge in [-0.25, -0.2) is 0 Å². The van der Waals surface area contributed by atoms with Crippen molar-refractivity contribution >= 4 is 35.7 Å². The zero-order chi connectivity index (χ0) is 35.9. The topological polar surface area (TPSA) is 124 Å². The molecule has 0 aliphatic heterocycles. The first-order chi connectivity index (χ1) is 22.5.